The second-order valence-corrected chi connectivity index (χ2v) is 5.89. The summed E-state index contributed by atoms with van der Waals surface area (Å²) in [6.45, 7) is 9.21. The lowest BCUT2D eigenvalue weighted by Gasteiger charge is -2.51. The Balaban J connectivity index is 2.03. The molecule has 1 N–H and O–H groups in total. The van der Waals surface area contributed by atoms with Gasteiger partial charge in [0.15, 0.2) is 0 Å². The molecule has 1 unspecified atom stereocenters. The summed E-state index contributed by atoms with van der Waals surface area (Å²) in [6.07, 6.45) is 1.69. The summed E-state index contributed by atoms with van der Waals surface area (Å²) in [5, 5.41) is 3.49. The van der Waals surface area contributed by atoms with E-state index in [1.165, 1.54) is 11.5 Å². The van der Waals surface area contributed by atoms with Crippen LogP contribution in [0.25, 0.3) is 0 Å². The van der Waals surface area contributed by atoms with Gasteiger partial charge < -0.3 is 0 Å². The maximum atomic E-state index is 12.3. The van der Waals surface area contributed by atoms with Crippen molar-refractivity contribution < 1.29 is 4.79 Å². The van der Waals surface area contributed by atoms with Crippen molar-refractivity contribution in [2.75, 3.05) is 11.9 Å². The van der Waals surface area contributed by atoms with Crippen LogP contribution in [-0.4, -0.2) is 38.3 Å². The molecule has 5 nitrogen and oxygen atoms in total. The van der Waals surface area contributed by atoms with E-state index in [2.05, 4.69) is 33.4 Å². The first-order valence-corrected chi connectivity index (χ1v) is 7.15. The summed E-state index contributed by atoms with van der Waals surface area (Å²) in [7, 11) is 0. The number of hydrogen-bond donors (Lipinski definition) is 1. The molecule has 1 aliphatic heterocycles. The van der Waals surface area contributed by atoms with Crippen molar-refractivity contribution in [2.45, 2.75) is 52.1 Å². The Bertz CT molecular complexity index is 445. The number of carbonyl (C=O) groups is 1. The number of amides is 1. The number of aryl methyl sites for hydroxylation is 1. The number of anilines is 1. The number of hydrogen-bond acceptors (Lipinski definition) is 5. The molecule has 0 spiro atoms. The van der Waals surface area contributed by atoms with E-state index < -0.39 is 5.54 Å². The highest BCUT2D eigenvalue weighted by Crippen LogP contribution is 2.33. The fraction of sp³-hybridized carbons (Fsp3) is 0.750. The number of likely N-dealkylation sites (tertiary alicyclic amines) is 1. The highest BCUT2D eigenvalue weighted by atomic mass is 32.1. The molecule has 0 aliphatic carbocycles. The van der Waals surface area contributed by atoms with Crippen molar-refractivity contribution in [3.8, 4) is 0 Å². The lowest BCUT2D eigenvalue weighted by Crippen LogP contribution is -2.66. The number of rotatable bonds is 4. The normalized spacial score (nSPS) is 24.1. The Morgan fingerprint density at radius 1 is 1.61 bits per heavy atom. The average molecular weight is 268 g/mol. The number of nitrogens with one attached hydrogen (secondary N) is 1. The maximum Gasteiger partial charge on any atom is 0.246 e. The largest absolute Gasteiger partial charge is 0.299 e. The van der Waals surface area contributed by atoms with Crippen molar-refractivity contribution in [3.63, 3.8) is 0 Å². The number of carbonyl (C=O) groups excluding carboxylic acids is 1. The first kappa shape index (κ1) is 13.4. The van der Waals surface area contributed by atoms with E-state index in [0.29, 0.717) is 11.2 Å². The zero-order valence-electron chi connectivity index (χ0n) is 11.4. The third-order valence-corrected chi connectivity index (χ3v) is 4.26. The van der Waals surface area contributed by atoms with Crippen LogP contribution in [0.3, 0.4) is 0 Å². The summed E-state index contributed by atoms with van der Waals surface area (Å²) in [5.74, 6) is 0.816. The zero-order chi connectivity index (χ0) is 13.3. The first-order chi connectivity index (χ1) is 8.47. The Kier molecular flexibility index (Phi) is 3.68. The van der Waals surface area contributed by atoms with E-state index >= 15 is 0 Å². The topological polar surface area (TPSA) is 58.1 Å². The molecule has 0 aromatic carbocycles. The number of nitrogens with zero attached hydrogens (tertiary/aromatic N) is 3. The molecule has 2 rings (SSSR count). The smallest absolute Gasteiger partial charge is 0.246 e. The molecule has 1 saturated heterocycles. The van der Waals surface area contributed by atoms with E-state index in [1.54, 1.807) is 0 Å². The molecule has 100 valence electrons. The van der Waals surface area contributed by atoms with Crippen molar-refractivity contribution in [1.82, 2.24) is 14.3 Å². The molecule has 1 aromatic rings. The Morgan fingerprint density at radius 2 is 2.33 bits per heavy atom. The van der Waals surface area contributed by atoms with Gasteiger partial charge in [-0.25, -0.2) is 4.98 Å². The lowest BCUT2D eigenvalue weighted by atomic mass is 9.84. The molecule has 1 atom stereocenters. The summed E-state index contributed by atoms with van der Waals surface area (Å²) < 4.78 is 4.17. The Labute approximate surface area is 112 Å². The predicted octanol–water partition coefficient (Wildman–Crippen LogP) is 1.91. The minimum absolute atomic E-state index is 0.0289. The molecular formula is C12H20N4OS. The lowest BCUT2D eigenvalue weighted by molar-refractivity contribution is -0.138. The molecule has 1 aromatic heterocycles. The van der Waals surface area contributed by atoms with Gasteiger partial charge >= 0.3 is 0 Å². The fourth-order valence-electron chi connectivity index (χ4n) is 2.33. The van der Waals surface area contributed by atoms with Crippen molar-refractivity contribution in [1.29, 1.82) is 0 Å². The molecule has 6 heteroatoms. The second-order valence-electron chi connectivity index (χ2n) is 5.13. The molecule has 1 fully saturated rings. The van der Waals surface area contributed by atoms with Gasteiger partial charge in [-0.2, -0.15) is 4.37 Å². The van der Waals surface area contributed by atoms with Gasteiger partial charge in [-0.05, 0) is 27.2 Å². The van der Waals surface area contributed by atoms with Gasteiger partial charge in [-0.15, -0.1) is 0 Å². The molecule has 2 heterocycles. The van der Waals surface area contributed by atoms with Gasteiger partial charge in [0.2, 0.25) is 11.0 Å². The fourth-order valence-corrected chi connectivity index (χ4v) is 2.97. The Hall–Kier alpha value is -1.01. The molecule has 1 aliphatic rings. The van der Waals surface area contributed by atoms with Crippen LogP contribution < -0.4 is 5.32 Å². The SMILES string of the molecule is CCc1nsc(NC(=O)C2(C)CCN2C(C)C)n1. The van der Waals surface area contributed by atoms with Gasteiger partial charge in [0.25, 0.3) is 0 Å². The van der Waals surface area contributed by atoms with Gasteiger partial charge in [0.1, 0.15) is 5.82 Å². The molecule has 0 radical (unpaired) electrons. The van der Waals surface area contributed by atoms with E-state index in [-0.39, 0.29) is 5.91 Å². The van der Waals surface area contributed by atoms with Crippen LogP contribution >= 0.6 is 11.5 Å². The van der Waals surface area contributed by atoms with Crippen LogP contribution in [0, 0.1) is 0 Å². The predicted molar refractivity (Wildman–Crippen MR) is 72.8 cm³/mol. The summed E-state index contributed by atoms with van der Waals surface area (Å²) in [5.41, 5.74) is -0.397. The minimum atomic E-state index is -0.397. The third kappa shape index (κ3) is 2.27. The number of aromatic nitrogens is 2. The average Bonchev–Trinajstić information content (AvgIpc) is 2.73. The molecule has 0 bridgehead atoms. The molecule has 1 amide bonds. The maximum absolute atomic E-state index is 12.3. The van der Waals surface area contributed by atoms with E-state index in [1.807, 2.05) is 13.8 Å². The molecule has 18 heavy (non-hydrogen) atoms. The summed E-state index contributed by atoms with van der Waals surface area (Å²) in [6, 6.07) is 0.384. The monoisotopic (exact) mass is 268 g/mol. The zero-order valence-corrected chi connectivity index (χ0v) is 12.2. The minimum Gasteiger partial charge on any atom is -0.299 e. The summed E-state index contributed by atoms with van der Waals surface area (Å²) >= 11 is 1.25. The molecule has 0 saturated carbocycles. The van der Waals surface area contributed by atoms with Crippen LogP contribution in [0.15, 0.2) is 0 Å². The van der Waals surface area contributed by atoms with Crippen LogP contribution in [0.4, 0.5) is 5.13 Å². The Morgan fingerprint density at radius 3 is 2.78 bits per heavy atom. The third-order valence-electron chi connectivity index (χ3n) is 3.59. The van der Waals surface area contributed by atoms with E-state index in [9.17, 15) is 4.79 Å². The van der Waals surface area contributed by atoms with Crippen LogP contribution in [0.5, 0.6) is 0 Å². The van der Waals surface area contributed by atoms with Crippen molar-refractivity contribution in [3.05, 3.63) is 5.82 Å². The highest BCUT2D eigenvalue weighted by Gasteiger charge is 2.48. The van der Waals surface area contributed by atoms with Gasteiger partial charge in [0, 0.05) is 30.5 Å². The van der Waals surface area contributed by atoms with Crippen LogP contribution in [-0.2, 0) is 11.2 Å². The van der Waals surface area contributed by atoms with Gasteiger partial charge in [0.05, 0.1) is 5.54 Å². The quantitative estimate of drug-likeness (QED) is 0.906. The van der Waals surface area contributed by atoms with E-state index in [0.717, 1.165) is 25.2 Å². The second kappa shape index (κ2) is 4.93. The van der Waals surface area contributed by atoms with Crippen molar-refractivity contribution >= 4 is 22.6 Å². The van der Waals surface area contributed by atoms with Crippen LogP contribution in [0.2, 0.25) is 0 Å². The van der Waals surface area contributed by atoms with Gasteiger partial charge in [-0.1, -0.05) is 6.92 Å². The summed E-state index contributed by atoms with van der Waals surface area (Å²) in [4.78, 5) is 18.8. The first-order valence-electron chi connectivity index (χ1n) is 6.38. The highest BCUT2D eigenvalue weighted by molar-refractivity contribution is 7.09. The molecular weight excluding hydrogens is 248 g/mol. The van der Waals surface area contributed by atoms with Crippen LogP contribution in [0.1, 0.15) is 39.9 Å². The van der Waals surface area contributed by atoms with Gasteiger partial charge in [-0.3, -0.25) is 15.0 Å². The standard InChI is InChI=1S/C12H20N4OS/c1-5-9-13-11(18-15-9)14-10(17)12(4)6-7-16(12)8(2)3/h8H,5-7H2,1-4H3,(H,13,14,15,17). The van der Waals surface area contributed by atoms with E-state index in [4.69, 9.17) is 0 Å². The van der Waals surface area contributed by atoms with Crippen molar-refractivity contribution in [2.24, 2.45) is 0 Å².